The van der Waals surface area contributed by atoms with E-state index < -0.39 is 16.2 Å². The summed E-state index contributed by atoms with van der Waals surface area (Å²) in [6, 6.07) is 14.5. The third-order valence-electron chi connectivity index (χ3n) is 4.33. The summed E-state index contributed by atoms with van der Waals surface area (Å²) in [7, 11) is 1.58. The number of pyridine rings is 1. The largest absolute Gasteiger partial charge is 0.382 e. The first-order valence-electron chi connectivity index (χ1n) is 9.13. The molecule has 0 fully saturated rings. The first-order valence-corrected chi connectivity index (χ1v) is 9.13. The lowest BCUT2D eigenvalue weighted by atomic mass is 10.2. The van der Waals surface area contributed by atoms with Crippen LogP contribution in [0.15, 0.2) is 59.5 Å². The number of aromatic nitrogens is 2. The molecule has 29 heavy (non-hydrogen) atoms. The first-order chi connectivity index (χ1) is 14.1. The average Bonchev–Trinajstić information content (AvgIpc) is 2.73. The van der Waals surface area contributed by atoms with Crippen LogP contribution >= 0.6 is 0 Å². The molecule has 0 bridgehead atoms. The number of rotatable bonds is 10. The Balaban J connectivity index is 2.01. The van der Waals surface area contributed by atoms with Gasteiger partial charge < -0.3 is 14.4 Å². The fraction of sp³-hybridized carbons (Fsp3) is 0.300. The van der Waals surface area contributed by atoms with E-state index in [2.05, 4.69) is 4.98 Å². The standard InChI is InChI=1S/C20H22N4O5/c1-28-13-14-29-12-11-22(15-16-7-3-2-4-8-16)19-18(24(26)27)20(25)23-10-6-5-9-17(23)21-19/h2-10H,11-15H2,1H3. The number of nitrogens with zero attached hydrogens (tertiary/aromatic N) is 4. The van der Waals surface area contributed by atoms with Crippen LogP contribution in [-0.2, 0) is 16.0 Å². The quantitative estimate of drug-likeness (QED) is 0.293. The predicted molar refractivity (Wildman–Crippen MR) is 108 cm³/mol. The number of nitro groups is 1. The molecule has 2 heterocycles. The van der Waals surface area contributed by atoms with Crippen molar-refractivity contribution in [1.29, 1.82) is 0 Å². The smallest absolute Gasteiger partial charge is 0.376 e. The van der Waals surface area contributed by atoms with Gasteiger partial charge in [0.05, 0.1) is 24.7 Å². The molecular formula is C20H22N4O5. The van der Waals surface area contributed by atoms with E-state index in [1.165, 1.54) is 10.6 Å². The van der Waals surface area contributed by atoms with Crippen molar-refractivity contribution in [2.24, 2.45) is 0 Å². The first kappa shape index (κ1) is 20.4. The van der Waals surface area contributed by atoms with Crippen molar-refractivity contribution in [2.75, 3.05) is 38.4 Å². The van der Waals surface area contributed by atoms with Gasteiger partial charge in [0.1, 0.15) is 5.65 Å². The van der Waals surface area contributed by atoms with E-state index in [1.54, 1.807) is 30.2 Å². The minimum atomic E-state index is -0.714. The Morgan fingerprint density at radius 3 is 2.59 bits per heavy atom. The summed E-state index contributed by atoms with van der Waals surface area (Å²) in [4.78, 5) is 30.0. The number of benzene rings is 1. The van der Waals surface area contributed by atoms with Gasteiger partial charge in [-0.3, -0.25) is 19.3 Å². The van der Waals surface area contributed by atoms with Gasteiger partial charge in [-0.15, -0.1) is 0 Å². The molecule has 1 aromatic carbocycles. The normalized spacial score (nSPS) is 10.9. The number of ether oxygens (including phenoxy) is 2. The monoisotopic (exact) mass is 398 g/mol. The maximum Gasteiger partial charge on any atom is 0.376 e. The van der Waals surface area contributed by atoms with Gasteiger partial charge in [-0.2, -0.15) is 0 Å². The molecule has 0 N–H and O–H groups in total. The molecule has 0 aliphatic heterocycles. The fourth-order valence-electron chi connectivity index (χ4n) is 2.93. The summed E-state index contributed by atoms with van der Waals surface area (Å²) >= 11 is 0. The van der Waals surface area contributed by atoms with Crippen molar-refractivity contribution in [1.82, 2.24) is 9.38 Å². The SMILES string of the molecule is COCCOCCN(Cc1ccccc1)c1nc2ccccn2c(=O)c1[N+](=O)[O-]. The van der Waals surface area contributed by atoms with E-state index in [0.29, 0.717) is 38.6 Å². The highest BCUT2D eigenvalue weighted by Gasteiger charge is 2.27. The maximum atomic E-state index is 12.8. The van der Waals surface area contributed by atoms with E-state index >= 15 is 0 Å². The van der Waals surface area contributed by atoms with E-state index in [0.717, 1.165) is 5.56 Å². The van der Waals surface area contributed by atoms with E-state index in [9.17, 15) is 14.9 Å². The molecule has 0 aliphatic carbocycles. The van der Waals surface area contributed by atoms with E-state index in [4.69, 9.17) is 9.47 Å². The molecule has 3 rings (SSSR count). The van der Waals surface area contributed by atoms with Crippen LogP contribution in [0.5, 0.6) is 0 Å². The molecule has 9 heteroatoms. The van der Waals surface area contributed by atoms with Crippen molar-refractivity contribution in [3.05, 3.63) is 80.8 Å². The summed E-state index contributed by atoms with van der Waals surface area (Å²) in [6.07, 6.45) is 1.47. The molecular weight excluding hydrogens is 376 g/mol. The second-order valence-electron chi connectivity index (χ2n) is 6.29. The summed E-state index contributed by atoms with van der Waals surface area (Å²) in [5, 5.41) is 11.7. The molecule has 0 saturated heterocycles. The highest BCUT2D eigenvalue weighted by atomic mass is 16.6. The lowest BCUT2D eigenvalue weighted by molar-refractivity contribution is -0.385. The van der Waals surface area contributed by atoms with Gasteiger partial charge in [0.15, 0.2) is 0 Å². The summed E-state index contributed by atoms with van der Waals surface area (Å²) in [5.41, 5.74) is 0.0145. The van der Waals surface area contributed by atoms with Crippen molar-refractivity contribution >= 4 is 17.2 Å². The molecule has 0 atom stereocenters. The molecule has 2 aromatic heterocycles. The number of anilines is 1. The van der Waals surface area contributed by atoms with Crippen molar-refractivity contribution < 1.29 is 14.4 Å². The highest BCUT2D eigenvalue weighted by molar-refractivity contribution is 5.61. The molecule has 0 amide bonds. The van der Waals surface area contributed by atoms with Crippen LogP contribution < -0.4 is 10.5 Å². The second-order valence-corrected chi connectivity index (χ2v) is 6.29. The maximum absolute atomic E-state index is 12.8. The Labute approximate surface area is 167 Å². The number of hydrogen-bond donors (Lipinski definition) is 0. The van der Waals surface area contributed by atoms with Crippen LogP contribution in [0.1, 0.15) is 5.56 Å². The number of methoxy groups -OCH3 is 1. The molecule has 0 spiro atoms. The van der Waals surface area contributed by atoms with Gasteiger partial charge >= 0.3 is 11.2 Å². The zero-order valence-corrected chi connectivity index (χ0v) is 16.1. The van der Waals surface area contributed by atoms with Crippen molar-refractivity contribution in [2.45, 2.75) is 6.54 Å². The zero-order chi connectivity index (χ0) is 20.6. The lowest BCUT2D eigenvalue weighted by Crippen LogP contribution is -2.32. The van der Waals surface area contributed by atoms with Gasteiger partial charge in [0, 0.05) is 26.4 Å². The molecule has 3 aromatic rings. The van der Waals surface area contributed by atoms with Crippen LogP contribution in [0.25, 0.3) is 5.65 Å². The van der Waals surface area contributed by atoms with Crippen LogP contribution in [-0.4, -0.2) is 47.8 Å². The highest BCUT2D eigenvalue weighted by Crippen LogP contribution is 2.24. The van der Waals surface area contributed by atoms with Crippen molar-refractivity contribution in [3.63, 3.8) is 0 Å². The molecule has 152 valence electrons. The number of hydrogen-bond acceptors (Lipinski definition) is 7. The van der Waals surface area contributed by atoms with Gasteiger partial charge in [-0.05, 0) is 17.7 Å². The summed E-state index contributed by atoms with van der Waals surface area (Å²) < 4.78 is 11.7. The average molecular weight is 398 g/mol. The Kier molecular flexibility index (Phi) is 6.88. The molecule has 0 aliphatic rings. The van der Waals surface area contributed by atoms with Gasteiger partial charge in [0.2, 0.25) is 5.82 Å². The van der Waals surface area contributed by atoms with Crippen LogP contribution in [0.2, 0.25) is 0 Å². The molecule has 0 radical (unpaired) electrons. The Bertz CT molecular complexity index is 1020. The Morgan fingerprint density at radius 2 is 1.86 bits per heavy atom. The fourth-order valence-corrected chi connectivity index (χ4v) is 2.93. The molecule has 9 nitrogen and oxygen atoms in total. The lowest BCUT2D eigenvalue weighted by Gasteiger charge is -2.23. The van der Waals surface area contributed by atoms with Crippen LogP contribution in [0.4, 0.5) is 11.5 Å². The second kappa shape index (κ2) is 9.76. The van der Waals surface area contributed by atoms with Gasteiger partial charge in [-0.1, -0.05) is 36.4 Å². The van der Waals surface area contributed by atoms with Crippen molar-refractivity contribution in [3.8, 4) is 0 Å². The van der Waals surface area contributed by atoms with Crippen LogP contribution in [0, 0.1) is 10.1 Å². The predicted octanol–water partition coefficient (Wildman–Crippen LogP) is 2.27. The number of fused-ring (bicyclic) bond motifs is 1. The zero-order valence-electron chi connectivity index (χ0n) is 16.1. The van der Waals surface area contributed by atoms with Gasteiger partial charge in [-0.25, -0.2) is 4.98 Å². The molecule has 0 unspecified atom stereocenters. The topological polar surface area (TPSA) is 99.2 Å². The molecule has 0 saturated carbocycles. The third kappa shape index (κ3) is 4.95. The summed E-state index contributed by atoms with van der Waals surface area (Å²) in [6.45, 7) is 1.85. The van der Waals surface area contributed by atoms with E-state index in [1.807, 2.05) is 30.3 Å². The Morgan fingerprint density at radius 1 is 1.10 bits per heavy atom. The minimum Gasteiger partial charge on any atom is -0.382 e. The van der Waals surface area contributed by atoms with Gasteiger partial charge in [0.25, 0.3) is 0 Å². The van der Waals surface area contributed by atoms with E-state index in [-0.39, 0.29) is 5.82 Å². The minimum absolute atomic E-state index is 0.0328. The summed E-state index contributed by atoms with van der Waals surface area (Å²) in [5.74, 6) is 0.0328. The Hall–Kier alpha value is -3.30. The third-order valence-corrected chi connectivity index (χ3v) is 4.33. The van der Waals surface area contributed by atoms with Crippen LogP contribution in [0.3, 0.4) is 0 Å².